The number of hydrogen-bond acceptors (Lipinski definition) is 4. The molecule has 0 bridgehead atoms. The largest absolute Gasteiger partial charge is 0.342 e. The summed E-state index contributed by atoms with van der Waals surface area (Å²) in [5.74, 6) is -1.00. The molecule has 7 heteroatoms. The van der Waals surface area contributed by atoms with Gasteiger partial charge in [0.15, 0.2) is 0 Å². The van der Waals surface area contributed by atoms with Crippen LogP contribution in [0.25, 0.3) is 0 Å². The second-order valence-corrected chi connectivity index (χ2v) is 6.15. The first-order valence-corrected chi connectivity index (χ1v) is 8.22. The molecular formula is C19H19N3O4. The molecule has 0 unspecified atom stereocenters. The Hall–Kier alpha value is -3.19. The van der Waals surface area contributed by atoms with Gasteiger partial charge in [-0.15, -0.1) is 0 Å². The Bertz CT molecular complexity index is 823. The lowest BCUT2D eigenvalue weighted by Crippen LogP contribution is -2.58. The minimum absolute atomic E-state index is 0.0272. The van der Waals surface area contributed by atoms with Crippen LogP contribution in [0.4, 0.5) is 0 Å². The second kappa shape index (κ2) is 7.79. The predicted octanol–water partition coefficient (Wildman–Crippen LogP) is 0.875. The molecule has 26 heavy (non-hydrogen) atoms. The van der Waals surface area contributed by atoms with Crippen molar-refractivity contribution < 1.29 is 19.6 Å². The van der Waals surface area contributed by atoms with Crippen LogP contribution in [0, 0.1) is 0 Å². The quantitative estimate of drug-likeness (QED) is 0.549. The van der Waals surface area contributed by atoms with Gasteiger partial charge >= 0.3 is 0 Å². The first-order valence-electron chi connectivity index (χ1n) is 8.22. The molecule has 7 nitrogen and oxygen atoms in total. The maximum atomic E-state index is 12.7. The van der Waals surface area contributed by atoms with Crippen LogP contribution >= 0.6 is 0 Å². The fourth-order valence-corrected chi connectivity index (χ4v) is 2.99. The van der Waals surface area contributed by atoms with Crippen molar-refractivity contribution in [2.24, 2.45) is 0 Å². The van der Waals surface area contributed by atoms with Crippen molar-refractivity contribution >= 4 is 17.7 Å². The first kappa shape index (κ1) is 17.6. The number of hydrogen-bond donors (Lipinski definition) is 3. The molecule has 2 aromatic carbocycles. The van der Waals surface area contributed by atoms with Crippen molar-refractivity contribution in [1.82, 2.24) is 15.7 Å². The minimum atomic E-state index is -0.628. The number of benzene rings is 2. The Morgan fingerprint density at radius 1 is 1.12 bits per heavy atom. The van der Waals surface area contributed by atoms with Crippen LogP contribution in [-0.4, -0.2) is 40.4 Å². The van der Waals surface area contributed by atoms with E-state index in [0.717, 1.165) is 5.56 Å². The van der Waals surface area contributed by atoms with E-state index < -0.39 is 11.9 Å². The molecular weight excluding hydrogens is 334 g/mol. The molecule has 0 spiro atoms. The van der Waals surface area contributed by atoms with Gasteiger partial charge in [-0.1, -0.05) is 42.5 Å². The number of nitrogens with one attached hydrogen (secondary N) is 2. The van der Waals surface area contributed by atoms with Crippen molar-refractivity contribution in [2.45, 2.75) is 19.0 Å². The molecule has 1 aliphatic heterocycles. The number of amides is 3. The van der Waals surface area contributed by atoms with Crippen LogP contribution in [0.3, 0.4) is 0 Å². The summed E-state index contributed by atoms with van der Waals surface area (Å²) in [6.07, 6.45) is 0.425. The highest BCUT2D eigenvalue weighted by Crippen LogP contribution is 2.14. The summed E-state index contributed by atoms with van der Waals surface area (Å²) in [5, 5.41) is 11.5. The number of carbonyl (C=O) groups excluding carboxylic acids is 3. The molecule has 0 aliphatic carbocycles. The van der Waals surface area contributed by atoms with Crippen LogP contribution in [0.15, 0.2) is 54.6 Å². The molecule has 1 fully saturated rings. The number of piperazine rings is 1. The van der Waals surface area contributed by atoms with Gasteiger partial charge in [0.1, 0.15) is 6.04 Å². The van der Waals surface area contributed by atoms with E-state index in [1.807, 2.05) is 30.3 Å². The summed E-state index contributed by atoms with van der Waals surface area (Å²) in [6.45, 7) is 0.185. The third-order valence-electron chi connectivity index (χ3n) is 4.23. The molecule has 3 rings (SSSR count). The van der Waals surface area contributed by atoms with E-state index in [0.29, 0.717) is 12.0 Å². The van der Waals surface area contributed by atoms with Crippen molar-refractivity contribution in [3.63, 3.8) is 0 Å². The molecule has 0 saturated carbocycles. The second-order valence-electron chi connectivity index (χ2n) is 6.15. The molecule has 2 aromatic rings. The molecule has 1 heterocycles. The lowest BCUT2D eigenvalue weighted by atomic mass is 10.0. The summed E-state index contributed by atoms with van der Waals surface area (Å²) in [7, 11) is 0. The summed E-state index contributed by atoms with van der Waals surface area (Å²) in [6, 6.07) is 15.4. The maximum absolute atomic E-state index is 12.7. The predicted molar refractivity (Wildman–Crippen MR) is 93.2 cm³/mol. The SMILES string of the molecule is O=C1CN(Cc2cccc(C(=O)NO)c2)C(=O)[C@H](Cc2ccccc2)N1. The van der Waals surface area contributed by atoms with Crippen LogP contribution in [0.2, 0.25) is 0 Å². The summed E-state index contributed by atoms with van der Waals surface area (Å²) < 4.78 is 0. The normalized spacial score (nSPS) is 17.0. The van der Waals surface area contributed by atoms with E-state index >= 15 is 0 Å². The number of nitrogens with zero attached hydrogens (tertiary/aromatic N) is 1. The van der Waals surface area contributed by atoms with Crippen molar-refractivity contribution in [1.29, 1.82) is 0 Å². The summed E-state index contributed by atoms with van der Waals surface area (Å²) in [5.41, 5.74) is 3.52. The average molecular weight is 353 g/mol. The van der Waals surface area contributed by atoms with E-state index in [2.05, 4.69) is 5.32 Å². The molecule has 1 aliphatic rings. The monoisotopic (exact) mass is 353 g/mol. The van der Waals surface area contributed by atoms with Gasteiger partial charge in [-0.25, -0.2) is 5.48 Å². The Morgan fingerprint density at radius 3 is 2.58 bits per heavy atom. The van der Waals surface area contributed by atoms with Gasteiger partial charge in [0.2, 0.25) is 11.8 Å². The van der Waals surface area contributed by atoms with Crippen LogP contribution in [-0.2, 0) is 22.6 Å². The molecule has 134 valence electrons. The van der Waals surface area contributed by atoms with E-state index in [4.69, 9.17) is 5.21 Å². The van der Waals surface area contributed by atoms with Gasteiger partial charge in [-0.3, -0.25) is 19.6 Å². The van der Waals surface area contributed by atoms with Gasteiger partial charge in [-0.2, -0.15) is 0 Å². The molecule has 1 atom stereocenters. The van der Waals surface area contributed by atoms with Crippen LogP contribution in [0.5, 0.6) is 0 Å². The van der Waals surface area contributed by atoms with E-state index in [1.54, 1.807) is 29.7 Å². The number of carbonyl (C=O) groups is 3. The highest BCUT2D eigenvalue weighted by molar-refractivity contribution is 5.95. The fraction of sp³-hybridized carbons (Fsp3) is 0.211. The zero-order valence-corrected chi connectivity index (χ0v) is 14.0. The van der Waals surface area contributed by atoms with Gasteiger partial charge in [-0.05, 0) is 23.3 Å². The van der Waals surface area contributed by atoms with E-state index in [-0.39, 0.29) is 30.5 Å². The van der Waals surface area contributed by atoms with Crippen molar-refractivity contribution in [3.8, 4) is 0 Å². The summed E-state index contributed by atoms with van der Waals surface area (Å²) >= 11 is 0. The smallest absolute Gasteiger partial charge is 0.274 e. The standard InChI is InChI=1S/C19H19N3O4/c23-17-12-22(11-14-7-4-8-15(9-14)18(24)21-26)19(25)16(20-17)10-13-5-2-1-3-6-13/h1-9,16,26H,10-12H2,(H,20,23)(H,21,24)/t16-/m0/s1. The lowest BCUT2D eigenvalue weighted by Gasteiger charge is -2.32. The van der Waals surface area contributed by atoms with E-state index in [9.17, 15) is 14.4 Å². The van der Waals surface area contributed by atoms with Gasteiger partial charge < -0.3 is 10.2 Å². The van der Waals surface area contributed by atoms with Crippen molar-refractivity contribution in [2.75, 3.05) is 6.54 Å². The number of hydroxylamine groups is 1. The minimum Gasteiger partial charge on any atom is -0.342 e. The zero-order chi connectivity index (χ0) is 18.5. The fourth-order valence-electron chi connectivity index (χ4n) is 2.99. The first-order chi connectivity index (χ1) is 12.6. The highest BCUT2D eigenvalue weighted by atomic mass is 16.5. The van der Waals surface area contributed by atoms with Gasteiger partial charge in [0, 0.05) is 18.5 Å². The third-order valence-corrected chi connectivity index (χ3v) is 4.23. The molecule has 0 aromatic heterocycles. The van der Waals surface area contributed by atoms with Crippen LogP contribution < -0.4 is 10.8 Å². The van der Waals surface area contributed by atoms with Crippen LogP contribution in [0.1, 0.15) is 21.5 Å². The van der Waals surface area contributed by atoms with Crippen molar-refractivity contribution in [3.05, 3.63) is 71.3 Å². The molecule has 0 radical (unpaired) electrons. The Morgan fingerprint density at radius 2 is 1.85 bits per heavy atom. The zero-order valence-electron chi connectivity index (χ0n) is 14.0. The lowest BCUT2D eigenvalue weighted by molar-refractivity contribution is -0.144. The highest BCUT2D eigenvalue weighted by Gasteiger charge is 2.32. The number of rotatable bonds is 5. The topological polar surface area (TPSA) is 98.7 Å². The Balaban J connectivity index is 1.74. The molecule has 3 N–H and O–H groups in total. The maximum Gasteiger partial charge on any atom is 0.274 e. The molecule has 1 saturated heterocycles. The third kappa shape index (κ3) is 4.07. The van der Waals surface area contributed by atoms with E-state index in [1.165, 1.54) is 4.90 Å². The Labute approximate surface area is 150 Å². The van der Waals surface area contributed by atoms with Gasteiger partial charge in [0.05, 0.1) is 6.54 Å². The average Bonchev–Trinajstić information content (AvgIpc) is 2.66. The molecule has 3 amide bonds. The van der Waals surface area contributed by atoms with Gasteiger partial charge in [0.25, 0.3) is 5.91 Å². The summed E-state index contributed by atoms with van der Waals surface area (Å²) in [4.78, 5) is 37.8. The Kier molecular flexibility index (Phi) is 5.28.